The number of ether oxygens (including phenoxy) is 3. The average molecular weight is 375 g/mol. The zero-order valence-electron chi connectivity index (χ0n) is 15.5. The van der Waals surface area contributed by atoms with Gasteiger partial charge in [-0.2, -0.15) is 0 Å². The van der Waals surface area contributed by atoms with Crippen LogP contribution in [0.15, 0.2) is 24.3 Å². The lowest BCUT2D eigenvalue weighted by molar-refractivity contribution is -0.181. The van der Waals surface area contributed by atoms with Crippen LogP contribution in [-0.2, 0) is 14.3 Å². The molecule has 1 unspecified atom stereocenters. The molecule has 8 nitrogen and oxygen atoms in total. The van der Waals surface area contributed by atoms with Crippen LogP contribution >= 0.6 is 0 Å². The van der Waals surface area contributed by atoms with Crippen molar-refractivity contribution < 1.29 is 23.8 Å². The van der Waals surface area contributed by atoms with Crippen molar-refractivity contribution in [2.75, 3.05) is 44.9 Å². The van der Waals surface area contributed by atoms with E-state index in [-0.39, 0.29) is 18.0 Å². The highest BCUT2D eigenvalue weighted by molar-refractivity contribution is 5.96. The molecule has 0 bridgehead atoms. The largest absolute Gasteiger partial charge is 0.497 e. The van der Waals surface area contributed by atoms with Gasteiger partial charge < -0.3 is 29.3 Å². The van der Waals surface area contributed by atoms with Crippen LogP contribution in [0.4, 0.5) is 10.5 Å². The second kappa shape index (κ2) is 7.36. The molecule has 0 radical (unpaired) electrons. The van der Waals surface area contributed by atoms with E-state index in [1.807, 2.05) is 24.3 Å². The highest BCUT2D eigenvalue weighted by Gasteiger charge is 2.41. The highest BCUT2D eigenvalue weighted by Crippen LogP contribution is 2.31. The maximum Gasteiger partial charge on any atom is 0.317 e. The molecule has 27 heavy (non-hydrogen) atoms. The van der Waals surface area contributed by atoms with E-state index in [0.717, 1.165) is 11.4 Å². The molecule has 8 heteroatoms. The van der Waals surface area contributed by atoms with Crippen LogP contribution in [0.5, 0.6) is 5.75 Å². The van der Waals surface area contributed by atoms with Gasteiger partial charge in [0.2, 0.25) is 5.91 Å². The van der Waals surface area contributed by atoms with E-state index in [2.05, 4.69) is 5.32 Å². The second-order valence-electron chi connectivity index (χ2n) is 7.15. The summed E-state index contributed by atoms with van der Waals surface area (Å²) in [6.45, 7) is 2.90. The molecule has 0 aromatic heterocycles. The number of nitrogens with zero attached hydrogens (tertiary/aromatic N) is 2. The minimum atomic E-state index is -0.495. The van der Waals surface area contributed by atoms with Gasteiger partial charge in [0.25, 0.3) is 0 Å². The summed E-state index contributed by atoms with van der Waals surface area (Å²) in [5, 5.41) is 3.00. The molecule has 1 atom stereocenters. The van der Waals surface area contributed by atoms with Gasteiger partial charge in [0.05, 0.1) is 26.4 Å². The van der Waals surface area contributed by atoms with Crippen LogP contribution in [0.1, 0.15) is 19.3 Å². The van der Waals surface area contributed by atoms with Crippen molar-refractivity contribution in [1.29, 1.82) is 0 Å². The molecule has 1 spiro atoms. The Labute approximate surface area is 158 Å². The summed E-state index contributed by atoms with van der Waals surface area (Å²) >= 11 is 0. The van der Waals surface area contributed by atoms with Crippen LogP contribution < -0.4 is 15.0 Å². The Morgan fingerprint density at radius 1 is 1.19 bits per heavy atom. The number of likely N-dealkylation sites (tertiary alicyclic amines) is 1. The Balaban J connectivity index is 1.31. The molecule has 4 rings (SSSR count). The number of carbonyl (C=O) groups excluding carboxylic acids is 2. The summed E-state index contributed by atoms with van der Waals surface area (Å²) in [6.07, 6.45) is 1.67. The Morgan fingerprint density at radius 2 is 1.85 bits per heavy atom. The number of urea groups is 1. The number of hydrogen-bond acceptors (Lipinski definition) is 5. The highest BCUT2D eigenvalue weighted by atomic mass is 16.7. The summed E-state index contributed by atoms with van der Waals surface area (Å²) in [5.74, 6) is 0.259. The Bertz CT molecular complexity index is 692. The number of amides is 3. The zero-order valence-corrected chi connectivity index (χ0v) is 15.5. The molecule has 1 aromatic rings. The predicted molar refractivity (Wildman–Crippen MR) is 97.7 cm³/mol. The van der Waals surface area contributed by atoms with E-state index in [1.54, 1.807) is 16.9 Å². The van der Waals surface area contributed by atoms with Crippen LogP contribution in [-0.4, -0.2) is 68.6 Å². The van der Waals surface area contributed by atoms with Crippen molar-refractivity contribution in [1.82, 2.24) is 10.2 Å². The maximum absolute atomic E-state index is 12.6. The van der Waals surface area contributed by atoms with Crippen molar-refractivity contribution in [3.63, 3.8) is 0 Å². The number of piperidine rings is 1. The molecule has 1 aromatic carbocycles. The van der Waals surface area contributed by atoms with Crippen LogP contribution in [0.2, 0.25) is 0 Å². The zero-order chi connectivity index (χ0) is 18.9. The molecular weight excluding hydrogens is 350 g/mol. The SMILES string of the molecule is COc1ccc(N2CC(NC(=O)N3CCC4(CC3)OCCO4)CC2=O)cc1. The van der Waals surface area contributed by atoms with E-state index in [0.29, 0.717) is 52.1 Å². The minimum absolute atomic E-state index is 0.0100. The fourth-order valence-corrected chi connectivity index (χ4v) is 3.92. The first-order valence-electron chi connectivity index (χ1n) is 9.36. The second-order valence-corrected chi connectivity index (χ2v) is 7.15. The molecular formula is C19H25N3O5. The van der Waals surface area contributed by atoms with E-state index in [1.165, 1.54) is 0 Å². The third-order valence-electron chi connectivity index (χ3n) is 5.46. The van der Waals surface area contributed by atoms with Crippen LogP contribution in [0, 0.1) is 0 Å². The van der Waals surface area contributed by atoms with Gasteiger partial charge >= 0.3 is 6.03 Å². The van der Waals surface area contributed by atoms with Crippen molar-refractivity contribution in [3.05, 3.63) is 24.3 Å². The molecule has 146 valence electrons. The summed E-state index contributed by atoms with van der Waals surface area (Å²) in [6, 6.07) is 7.04. The molecule has 3 aliphatic heterocycles. The normalized spacial score (nSPS) is 24.5. The van der Waals surface area contributed by atoms with Gasteiger partial charge in [0.15, 0.2) is 5.79 Å². The quantitative estimate of drug-likeness (QED) is 0.863. The number of carbonyl (C=O) groups is 2. The van der Waals surface area contributed by atoms with Gasteiger partial charge in [-0.15, -0.1) is 0 Å². The maximum atomic E-state index is 12.6. The van der Waals surface area contributed by atoms with E-state index < -0.39 is 5.79 Å². The third kappa shape index (κ3) is 3.72. The number of rotatable bonds is 3. The lowest BCUT2D eigenvalue weighted by Crippen LogP contribution is -2.52. The predicted octanol–water partition coefficient (Wildman–Crippen LogP) is 1.35. The number of nitrogens with one attached hydrogen (secondary N) is 1. The van der Waals surface area contributed by atoms with Gasteiger partial charge in [-0.25, -0.2) is 4.79 Å². The van der Waals surface area contributed by atoms with Crippen molar-refractivity contribution in [2.45, 2.75) is 31.1 Å². The molecule has 3 aliphatic rings. The van der Waals surface area contributed by atoms with Crippen molar-refractivity contribution in [2.24, 2.45) is 0 Å². The fourth-order valence-electron chi connectivity index (χ4n) is 3.92. The molecule has 1 N–H and O–H groups in total. The van der Waals surface area contributed by atoms with Gasteiger partial charge in [0, 0.05) is 44.6 Å². The monoisotopic (exact) mass is 375 g/mol. The first-order chi connectivity index (χ1) is 13.1. The number of hydrogen-bond donors (Lipinski definition) is 1. The molecule has 3 amide bonds. The van der Waals surface area contributed by atoms with Crippen LogP contribution in [0.3, 0.4) is 0 Å². The Hall–Kier alpha value is -2.32. The van der Waals surface area contributed by atoms with Gasteiger partial charge in [-0.3, -0.25) is 4.79 Å². The summed E-state index contributed by atoms with van der Waals surface area (Å²) in [4.78, 5) is 28.4. The first-order valence-corrected chi connectivity index (χ1v) is 9.36. The Morgan fingerprint density at radius 3 is 2.48 bits per heavy atom. The summed E-state index contributed by atoms with van der Waals surface area (Å²) in [5.41, 5.74) is 0.813. The molecule has 3 saturated heterocycles. The topological polar surface area (TPSA) is 80.3 Å². The lowest BCUT2D eigenvalue weighted by Gasteiger charge is -2.37. The summed E-state index contributed by atoms with van der Waals surface area (Å²) in [7, 11) is 1.61. The first kappa shape index (κ1) is 18.1. The molecule has 0 saturated carbocycles. The van der Waals surface area contributed by atoms with E-state index in [4.69, 9.17) is 14.2 Å². The van der Waals surface area contributed by atoms with Gasteiger partial charge in [-0.05, 0) is 24.3 Å². The fraction of sp³-hybridized carbons (Fsp3) is 0.579. The summed E-state index contributed by atoms with van der Waals surface area (Å²) < 4.78 is 16.5. The third-order valence-corrected chi connectivity index (χ3v) is 5.46. The van der Waals surface area contributed by atoms with Crippen molar-refractivity contribution >= 4 is 17.6 Å². The van der Waals surface area contributed by atoms with Crippen LogP contribution in [0.25, 0.3) is 0 Å². The van der Waals surface area contributed by atoms with Crippen molar-refractivity contribution in [3.8, 4) is 5.75 Å². The average Bonchev–Trinajstić information content (AvgIpc) is 3.29. The molecule has 3 heterocycles. The number of methoxy groups -OCH3 is 1. The number of benzene rings is 1. The smallest absolute Gasteiger partial charge is 0.317 e. The lowest BCUT2D eigenvalue weighted by atomic mass is 10.0. The molecule has 3 fully saturated rings. The number of anilines is 1. The van der Waals surface area contributed by atoms with Gasteiger partial charge in [-0.1, -0.05) is 0 Å². The Kier molecular flexibility index (Phi) is 4.92. The standard InChI is InChI=1S/C19H25N3O5/c1-25-16-4-2-15(3-5-16)22-13-14(12-17(22)23)20-18(24)21-8-6-19(7-9-21)26-10-11-27-19/h2-5,14H,6-13H2,1H3,(H,20,24). The van der Waals surface area contributed by atoms with Gasteiger partial charge in [0.1, 0.15) is 5.75 Å². The van der Waals surface area contributed by atoms with E-state index >= 15 is 0 Å². The minimum Gasteiger partial charge on any atom is -0.497 e. The van der Waals surface area contributed by atoms with E-state index in [9.17, 15) is 9.59 Å². The molecule has 0 aliphatic carbocycles.